The summed E-state index contributed by atoms with van der Waals surface area (Å²) in [4.78, 5) is 7.19. The van der Waals surface area contributed by atoms with Crippen molar-refractivity contribution in [2.75, 3.05) is 18.0 Å². The van der Waals surface area contributed by atoms with Crippen LogP contribution in [0.15, 0.2) is 6.07 Å². The van der Waals surface area contributed by atoms with Gasteiger partial charge in [-0.2, -0.15) is 0 Å². The molecule has 1 aliphatic heterocycles. The number of rotatable bonds is 3. The van der Waals surface area contributed by atoms with Crippen LogP contribution in [0.2, 0.25) is 0 Å². The van der Waals surface area contributed by atoms with Crippen molar-refractivity contribution < 1.29 is 0 Å². The minimum absolute atomic E-state index is 0.148. The van der Waals surface area contributed by atoms with Crippen LogP contribution < -0.4 is 10.6 Å². The highest BCUT2D eigenvalue weighted by Crippen LogP contribution is 2.32. The Hall–Kier alpha value is -1.58. The molecule has 4 heteroatoms. The molecule has 0 radical (unpaired) electrons. The molecule has 2 aliphatic rings. The molecule has 1 fully saturated rings. The lowest BCUT2D eigenvalue weighted by atomic mass is 9.95. The predicted molar refractivity (Wildman–Crippen MR) is 82.4 cm³/mol. The Balaban J connectivity index is 1.94. The number of anilines is 1. The van der Waals surface area contributed by atoms with Crippen molar-refractivity contribution in [3.05, 3.63) is 22.9 Å². The van der Waals surface area contributed by atoms with Crippen LogP contribution in [0.3, 0.4) is 0 Å². The minimum Gasteiger partial charge on any atom is -0.384 e. The quantitative estimate of drug-likeness (QED) is 0.655. The lowest BCUT2D eigenvalue weighted by molar-refractivity contribution is 0.422. The third-order valence-corrected chi connectivity index (χ3v) is 4.79. The Morgan fingerprint density at radius 1 is 1.45 bits per heavy atom. The average Bonchev–Trinajstić information content (AvgIpc) is 3.05. The first-order chi connectivity index (χ1) is 9.56. The molecule has 0 bridgehead atoms. The summed E-state index contributed by atoms with van der Waals surface area (Å²) in [6.45, 7) is 6.66. The topological polar surface area (TPSA) is 66.0 Å². The van der Waals surface area contributed by atoms with Crippen LogP contribution in [-0.4, -0.2) is 23.9 Å². The van der Waals surface area contributed by atoms with E-state index in [2.05, 4.69) is 24.8 Å². The molecule has 1 aromatic heterocycles. The smallest absolute Gasteiger partial charge is 0.139 e. The molecule has 3 rings (SSSR count). The molecule has 1 unspecified atom stereocenters. The maximum Gasteiger partial charge on any atom is 0.139 e. The molecule has 4 nitrogen and oxygen atoms in total. The fourth-order valence-electron chi connectivity index (χ4n) is 3.42. The predicted octanol–water partition coefficient (Wildman–Crippen LogP) is 2.34. The number of pyridine rings is 1. The van der Waals surface area contributed by atoms with Gasteiger partial charge in [0.05, 0.1) is 5.56 Å². The molecule has 3 N–H and O–H groups in total. The van der Waals surface area contributed by atoms with Gasteiger partial charge in [0.15, 0.2) is 0 Å². The van der Waals surface area contributed by atoms with Crippen molar-refractivity contribution in [2.45, 2.75) is 39.5 Å². The number of nitrogens with zero attached hydrogens (tertiary/aromatic N) is 2. The number of aromatic nitrogens is 1. The zero-order valence-electron chi connectivity index (χ0n) is 12.4. The third kappa shape index (κ3) is 2.28. The Labute approximate surface area is 120 Å². The molecule has 108 valence electrons. The van der Waals surface area contributed by atoms with E-state index in [9.17, 15) is 0 Å². The van der Waals surface area contributed by atoms with Gasteiger partial charge < -0.3 is 10.6 Å². The second-order valence-corrected chi connectivity index (χ2v) is 6.47. The number of amidine groups is 1. The van der Waals surface area contributed by atoms with E-state index in [1.54, 1.807) is 0 Å². The van der Waals surface area contributed by atoms with Gasteiger partial charge in [0, 0.05) is 18.8 Å². The van der Waals surface area contributed by atoms with Gasteiger partial charge in [0.25, 0.3) is 0 Å². The Morgan fingerprint density at radius 3 is 2.90 bits per heavy atom. The summed E-state index contributed by atoms with van der Waals surface area (Å²) in [6, 6.07) is 2.11. The van der Waals surface area contributed by atoms with Crippen molar-refractivity contribution >= 4 is 11.7 Å². The molecule has 0 amide bonds. The summed E-state index contributed by atoms with van der Waals surface area (Å²) in [5, 5.41) is 7.85. The Morgan fingerprint density at radius 2 is 2.25 bits per heavy atom. The summed E-state index contributed by atoms with van der Waals surface area (Å²) in [6.07, 6.45) is 4.55. The maximum atomic E-state index is 7.85. The van der Waals surface area contributed by atoms with E-state index in [1.165, 1.54) is 24.1 Å². The van der Waals surface area contributed by atoms with E-state index < -0.39 is 0 Å². The van der Waals surface area contributed by atoms with E-state index >= 15 is 0 Å². The van der Waals surface area contributed by atoms with Gasteiger partial charge in [-0.1, -0.05) is 13.8 Å². The minimum atomic E-state index is 0.148. The summed E-state index contributed by atoms with van der Waals surface area (Å²) in [5.74, 6) is 2.52. The molecule has 0 aromatic carbocycles. The second kappa shape index (κ2) is 5.08. The largest absolute Gasteiger partial charge is 0.384 e. The summed E-state index contributed by atoms with van der Waals surface area (Å²) < 4.78 is 0. The van der Waals surface area contributed by atoms with Gasteiger partial charge in [-0.3, -0.25) is 5.41 Å². The lowest BCUT2D eigenvalue weighted by Crippen LogP contribution is -2.26. The average molecular weight is 272 g/mol. The summed E-state index contributed by atoms with van der Waals surface area (Å²) in [5.41, 5.74) is 9.13. The highest BCUT2D eigenvalue weighted by atomic mass is 15.2. The number of fused-ring (bicyclic) bond motifs is 1. The molecule has 2 heterocycles. The van der Waals surface area contributed by atoms with E-state index in [4.69, 9.17) is 16.1 Å². The zero-order valence-corrected chi connectivity index (χ0v) is 12.4. The fourth-order valence-corrected chi connectivity index (χ4v) is 3.42. The molecule has 1 aliphatic carbocycles. The molecule has 0 spiro atoms. The Bertz CT molecular complexity index is 536. The first-order valence-corrected chi connectivity index (χ1v) is 7.68. The first-order valence-electron chi connectivity index (χ1n) is 7.68. The number of hydrogen-bond acceptors (Lipinski definition) is 3. The standard InChI is InChI=1S/C16H24N4/c1-10(2)12-6-7-20(9-12)16-13(15(17)18)8-11-4-3-5-14(11)19-16/h8,10,12H,3-7,9H2,1-2H3,(H3,17,18). The van der Waals surface area contributed by atoms with Crippen LogP contribution in [0.1, 0.15) is 43.5 Å². The van der Waals surface area contributed by atoms with Crippen LogP contribution in [0.5, 0.6) is 0 Å². The normalized spacial score (nSPS) is 21.6. The maximum absolute atomic E-state index is 7.85. The van der Waals surface area contributed by atoms with Gasteiger partial charge in [-0.15, -0.1) is 0 Å². The number of nitrogen functional groups attached to an aromatic ring is 1. The van der Waals surface area contributed by atoms with Gasteiger partial charge in [0.1, 0.15) is 11.7 Å². The highest BCUT2D eigenvalue weighted by Gasteiger charge is 2.29. The number of hydrogen-bond donors (Lipinski definition) is 2. The van der Waals surface area contributed by atoms with Crippen LogP contribution >= 0.6 is 0 Å². The number of nitrogens with two attached hydrogens (primary N) is 1. The Kier molecular flexibility index (Phi) is 3.40. The summed E-state index contributed by atoms with van der Waals surface area (Å²) >= 11 is 0. The van der Waals surface area contributed by atoms with Crippen molar-refractivity contribution in [3.8, 4) is 0 Å². The van der Waals surface area contributed by atoms with Crippen molar-refractivity contribution in [2.24, 2.45) is 17.6 Å². The second-order valence-electron chi connectivity index (χ2n) is 6.47. The van der Waals surface area contributed by atoms with E-state index in [0.717, 1.165) is 43.2 Å². The molecular formula is C16H24N4. The van der Waals surface area contributed by atoms with Crippen LogP contribution in [-0.2, 0) is 12.8 Å². The van der Waals surface area contributed by atoms with Crippen LogP contribution in [0.4, 0.5) is 5.82 Å². The fraction of sp³-hybridized carbons (Fsp3) is 0.625. The van der Waals surface area contributed by atoms with Crippen molar-refractivity contribution in [1.29, 1.82) is 5.41 Å². The monoisotopic (exact) mass is 272 g/mol. The van der Waals surface area contributed by atoms with Crippen LogP contribution in [0, 0.1) is 17.2 Å². The van der Waals surface area contributed by atoms with E-state index in [0.29, 0.717) is 5.92 Å². The van der Waals surface area contributed by atoms with Crippen molar-refractivity contribution in [3.63, 3.8) is 0 Å². The summed E-state index contributed by atoms with van der Waals surface area (Å²) in [7, 11) is 0. The molecular weight excluding hydrogens is 248 g/mol. The first kappa shape index (κ1) is 13.4. The molecule has 1 saturated heterocycles. The zero-order chi connectivity index (χ0) is 14.3. The van der Waals surface area contributed by atoms with Gasteiger partial charge >= 0.3 is 0 Å². The van der Waals surface area contributed by atoms with E-state index in [1.807, 2.05) is 0 Å². The van der Waals surface area contributed by atoms with Gasteiger partial charge in [0.2, 0.25) is 0 Å². The van der Waals surface area contributed by atoms with Gasteiger partial charge in [-0.25, -0.2) is 4.98 Å². The SMILES string of the molecule is CC(C)C1CCN(c2nc3c(cc2C(=N)N)CCC3)C1. The highest BCUT2D eigenvalue weighted by molar-refractivity contribution is 6.00. The van der Waals surface area contributed by atoms with E-state index in [-0.39, 0.29) is 5.84 Å². The third-order valence-electron chi connectivity index (χ3n) is 4.79. The lowest BCUT2D eigenvalue weighted by Gasteiger charge is -2.22. The van der Waals surface area contributed by atoms with Crippen LogP contribution in [0.25, 0.3) is 0 Å². The van der Waals surface area contributed by atoms with Gasteiger partial charge in [-0.05, 0) is 49.1 Å². The molecule has 0 saturated carbocycles. The number of aryl methyl sites for hydroxylation is 2. The molecule has 1 aromatic rings. The molecule has 20 heavy (non-hydrogen) atoms. The molecule has 1 atom stereocenters. The van der Waals surface area contributed by atoms with Crippen molar-refractivity contribution in [1.82, 2.24) is 4.98 Å². The number of nitrogens with one attached hydrogen (secondary N) is 1.